The van der Waals surface area contributed by atoms with Gasteiger partial charge in [0.25, 0.3) is 0 Å². The minimum absolute atomic E-state index is 0.232. The summed E-state index contributed by atoms with van der Waals surface area (Å²) in [7, 11) is 0. The molecule has 0 aromatic heterocycles. The summed E-state index contributed by atoms with van der Waals surface area (Å²) in [6, 6.07) is -1.19. The predicted molar refractivity (Wildman–Crippen MR) is 242 cm³/mol. The molecule has 1 rings (SSSR count). The predicted octanol–water partition coefficient (Wildman–Crippen LogP) is 8.62. The minimum atomic E-state index is -1.67. The van der Waals surface area contributed by atoms with Gasteiger partial charge in [-0.05, 0) is 57.8 Å². The van der Waals surface area contributed by atoms with E-state index in [-0.39, 0.29) is 12.8 Å². The van der Waals surface area contributed by atoms with Crippen LogP contribution >= 0.6 is 0 Å². The zero-order valence-electron chi connectivity index (χ0n) is 38.2. The highest BCUT2D eigenvalue weighted by Gasteiger charge is 2.44. The van der Waals surface area contributed by atoms with Crippen molar-refractivity contribution in [2.75, 3.05) is 13.2 Å². The summed E-state index contributed by atoms with van der Waals surface area (Å²) in [4.78, 5) is 13.0. The van der Waals surface area contributed by atoms with Gasteiger partial charge in [-0.25, -0.2) is 0 Å². The lowest BCUT2D eigenvalue weighted by Gasteiger charge is -2.40. The molecule has 354 valence electrons. The first-order valence-corrected chi connectivity index (χ1v) is 24.7. The van der Waals surface area contributed by atoms with Gasteiger partial charge in [0.2, 0.25) is 5.91 Å². The molecule has 0 aromatic carbocycles. The molecule has 1 heterocycles. The van der Waals surface area contributed by atoms with E-state index in [9.17, 15) is 40.5 Å². The molecule has 0 radical (unpaired) electrons. The Kier molecular flexibility index (Phi) is 37.0. The van der Waals surface area contributed by atoms with E-state index in [0.717, 1.165) is 44.9 Å². The number of aliphatic hydroxyl groups excluding tert-OH is 7. The molecule has 8 N–H and O–H groups in total. The van der Waals surface area contributed by atoms with Crippen LogP contribution in [0, 0.1) is 0 Å². The highest BCUT2D eigenvalue weighted by molar-refractivity contribution is 5.80. The maximum atomic E-state index is 13.0. The van der Waals surface area contributed by atoms with Crippen LogP contribution < -0.4 is 5.32 Å². The number of hydrogen-bond donors (Lipinski definition) is 8. The van der Waals surface area contributed by atoms with Crippen LogP contribution in [0.2, 0.25) is 0 Å². The lowest BCUT2D eigenvalue weighted by molar-refractivity contribution is -0.303. The summed E-state index contributed by atoms with van der Waals surface area (Å²) < 4.78 is 11.1. The summed E-state index contributed by atoms with van der Waals surface area (Å²) in [6.07, 6.45) is 32.6. The fourth-order valence-electron chi connectivity index (χ4n) is 7.83. The average molecular weight is 856 g/mol. The summed E-state index contributed by atoms with van der Waals surface area (Å²) >= 11 is 0. The van der Waals surface area contributed by atoms with Crippen LogP contribution in [0.15, 0.2) is 24.3 Å². The third kappa shape index (κ3) is 28.3. The number of carbonyl (C=O) groups is 1. The topological polar surface area (TPSA) is 189 Å². The normalized spacial score (nSPS) is 21.8. The van der Waals surface area contributed by atoms with Crippen molar-refractivity contribution in [2.24, 2.45) is 0 Å². The molecule has 1 aliphatic rings. The SMILES string of the molecule is CCCC/C=C\CCCCCC(O)C(=O)NC(COC1OC(CO)C(O)C(O)C1O)C(O)C(O)CCC/C=C/CCCCCCCCCCCCCCCCCCCCC. The molecule has 0 aromatic rings. The Morgan fingerprint density at radius 1 is 0.567 bits per heavy atom. The van der Waals surface area contributed by atoms with Crippen molar-refractivity contribution in [2.45, 2.75) is 268 Å². The molecule has 0 bridgehead atoms. The number of amides is 1. The Balaban J connectivity index is 2.34. The second-order valence-corrected chi connectivity index (χ2v) is 17.5. The molecule has 60 heavy (non-hydrogen) atoms. The Bertz CT molecular complexity index is 1030. The molecule has 9 unspecified atom stereocenters. The Morgan fingerprint density at radius 2 is 1.00 bits per heavy atom. The molecule has 1 saturated heterocycles. The van der Waals surface area contributed by atoms with Crippen molar-refractivity contribution in [3.8, 4) is 0 Å². The van der Waals surface area contributed by atoms with Gasteiger partial charge in [0.05, 0.1) is 25.4 Å². The Labute approximate surface area is 365 Å². The number of allylic oxidation sites excluding steroid dienone is 4. The van der Waals surface area contributed by atoms with Gasteiger partial charge in [0.1, 0.15) is 36.6 Å². The van der Waals surface area contributed by atoms with E-state index < -0.39 is 74.2 Å². The van der Waals surface area contributed by atoms with Gasteiger partial charge in [-0.1, -0.05) is 179 Å². The van der Waals surface area contributed by atoms with E-state index in [1.54, 1.807) is 0 Å². The van der Waals surface area contributed by atoms with E-state index in [1.807, 2.05) is 0 Å². The maximum absolute atomic E-state index is 13.0. The van der Waals surface area contributed by atoms with Gasteiger partial charge < -0.3 is 50.5 Å². The molecule has 1 fully saturated rings. The minimum Gasteiger partial charge on any atom is -0.394 e. The lowest BCUT2D eigenvalue weighted by Crippen LogP contribution is -2.60. The van der Waals surface area contributed by atoms with E-state index >= 15 is 0 Å². The zero-order valence-corrected chi connectivity index (χ0v) is 38.2. The average Bonchev–Trinajstić information content (AvgIpc) is 3.25. The summed E-state index contributed by atoms with van der Waals surface area (Å²) in [5, 5.41) is 75.5. The van der Waals surface area contributed by atoms with Crippen molar-refractivity contribution in [1.82, 2.24) is 5.32 Å². The van der Waals surface area contributed by atoms with Gasteiger partial charge in [-0.2, -0.15) is 0 Å². The van der Waals surface area contributed by atoms with Gasteiger partial charge >= 0.3 is 0 Å². The van der Waals surface area contributed by atoms with Crippen LogP contribution in [0.5, 0.6) is 0 Å². The maximum Gasteiger partial charge on any atom is 0.249 e. The van der Waals surface area contributed by atoms with Crippen molar-refractivity contribution in [3.05, 3.63) is 24.3 Å². The number of unbranched alkanes of at least 4 members (excludes halogenated alkanes) is 25. The molecule has 0 aliphatic carbocycles. The summed E-state index contributed by atoms with van der Waals surface area (Å²) in [5.41, 5.74) is 0. The van der Waals surface area contributed by atoms with E-state index in [2.05, 4.69) is 43.5 Å². The molecule has 11 heteroatoms. The van der Waals surface area contributed by atoms with E-state index in [1.165, 1.54) is 128 Å². The van der Waals surface area contributed by atoms with Crippen molar-refractivity contribution in [1.29, 1.82) is 0 Å². The van der Waals surface area contributed by atoms with Gasteiger partial charge in [-0.3, -0.25) is 4.79 Å². The first kappa shape index (κ1) is 56.6. The van der Waals surface area contributed by atoms with Crippen molar-refractivity contribution in [3.63, 3.8) is 0 Å². The third-order valence-electron chi connectivity index (χ3n) is 12.0. The van der Waals surface area contributed by atoms with Crippen LogP contribution in [0.3, 0.4) is 0 Å². The molecule has 11 nitrogen and oxygen atoms in total. The molecule has 1 amide bonds. The second kappa shape index (κ2) is 39.2. The lowest BCUT2D eigenvalue weighted by atomic mass is 9.98. The molecule has 0 spiro atoms. The van der Waals surface area contributed by atoms with Gasteiger partial charge in [0, 0.05) is 0 Å². The number of rotatable bonds is 41. The smallest absolute Gasteiger partial charge is 0.249 e. The molecule has 1 aliphatic heterocycles. The fourth-order valence-corrected chi connectivity index (χ4v) is 7.83. The van der Waals surface area contributed by atoms with E-state index in [0.29, 0.717) is 12.8 Å². The first-order chi connectivity index (χ1) is 29.2. The third-order valence-corrected chi connectivity index (χ3v) is 12.0. The second-order valence-electron chi connectivity index (χ2n) is 17.5. The molecule has 9 atom stereocenters. The summed E-state index contributed by atoms with van der Waals surface area (Å²) in [5.74, 6) is -0.721. The highest BCUT2D eigenvalue weighted by atomic mass is 16.7. The highest BCUT2D eigenvalue weighted by Crippen LogP contribution is 2.23. The van der Waals surface area contributed by atoms with Gasteiger partial charge in [-0.15, -0.1) is 0 Å². The van der Waals surface area contributed by atoms with Crippen LogP contribution in [0.1, 0.15) is 213 Å². The Hall–Kier alpha value is -1.41. The number of carbonyl (C=O) groups excluding carboxylic acids is 1. The van der Waals surface area contributed by atoms with Crippen LogP contribution in [0.25, 0.3) is 0 Å². The summed E-state index contributed by atoms with van der Waals surface area (Å²) in [6.45, 7) is 3.36. The Morgan fingerprint density at radius 3 is 1.48 bits per heavy atom. The van der Waals surface area contributed by atoms with Crippen molar-refractivity contribution >= 4 is 5.91 Å². The number of hydrogen-bond acceptors (Lipinski definition) is 10. The van der Waals surface area contributed by atoms with E-state index in [4.69, 9.17) is 9.47 Å². The largest absolute Gasteiger partial charge is 0.394 e. The fraction of sp³-hybridized carbons (Fsp3) is 0.898. The monoisotopic (exact) mass is 856 g/mol. The number of nitrogens with one attached hydrogen (secondary N) is 1. The van der Waals surface area contributed by atoms with Crippen LogP contribution in [-0.2, 0) is 14.3 Å². The van der Waals surface area contributed by atoms with Gasteiger partial charge in [0.15, 0.2) is 6.29 Å². The standard InChI is InChI=1S/C49H93NO10/c1-3-5-7-9-11-13-14-15-16-17-18-19-20-21-22-23-24-25-26-27-29-30-32-34-36-41(52)44(54)40(39-59-49-47(57)46(56)45(55)43(38-51)60-49)50-48(58)42(53)37-35-33-31-28-12-10-8-6-4-2/h10,12,29-30,40-47,49,51-57H,3-9,11,13-28,31-39H2,1-2H3,(H,50,58)/b12-10-,30-29+. The number of ether oxygens (including phenoxy) is 2. The zero-order chi connectivity index (χ0) is 44.1. The molecular formula is C49H93NO10. The van der Waals surface area contributed by atoms with Crippen LogP contribution in [-0.4, -0.2) is 110 Å². The van der Waals surface area contributed by atoms with Crippen LogP contribution in [0.4, 0.5) is 0 Å². The quantitative estimate of drug-likeness (QED) is 0.0218. The first-order valence-electron chi connectivity index (χ1n) is 24.7. The van der Waals surface area contributed by atoms with Crippen molar-refractivity contribution < 1.29 is 50.0 Å². The molecular weight excluding hydrogens is 763 g/mol. The number of aliphatic hydroxyl groups is 7. The molecule has 0 saturated carbocycles.